The Morgan fingerprint density at radius 3 is 3.20 bits per heavy atom. The fraction of sp³-hybridized carbons (Fsp3) is 0.222. The fourth-order valence-corrected chi connectivity index (χ4v) is 1.11. The second-order valence-electron chi connectivity index (χ2n) is 2.68. The van der Waals surface area contributed by atoms with Gasteiger partial charge in [-0.05, 0) is 18.0 Å². The van der Waals surface area contributed by atoms with Crippen molar-refractivity contribution in [3.63, 3.8) is 0 Å². The Bertz CT molecular complexity index is 413. The highest BCUT2D eigenvalue weighted by Crippen LogP contribution is 2.13. The lowest BCUT2D eigenvalue weighted by Crippen LogP contribution is -1.86. The molecule has 1 aromatic heterocycles. The monoisotopic (exact) mass is 226 g/mol. The summed E-state index contributed by atoms with van der Waals surface area (Å²) in [6.07, 6.45) is 5.05. The first-order valence-corrected chi connectivity index (χ1v) is 4.60. The van der Waals surface area contributed by atoms with Crippen LogP contribution in [0.4, 0.5) is 4.39 Å². The Hall–Kier alpha value is -1.58. The highest BCUT2D eigenvalue weighted by Gasteiger charge is 1.99. The van der Waals surface area contributed by atoms with Crippen LogP contribution in [0.5, 0.6) is 0 Å². The summed E-state index contributed by atoms with van der Waals surface area (Å²) >= 11 is 5.65. The minimum Gasteiger partial charge on any atom is -0.226 e. The van der Waals surface area contributed by atoms with Crippen molar-refractivity contribution in [3.8, 4) is 0 Å². The van der Waals surface area contributed by atoms with Crippen molar-refractivity contribution in [1.82, 2.24) is 4.98 Å². The van der Waals surface area contributed by atoms with Crippen LogP contribution in [0, 0.1) is 5.95 Å². The van der Waals surface area contributed by atoms with Gasteiger partial charge in [0.2, 0.25) is 5.95 Å². The highest BCUT2D eigenvalue weighted by atomic mass is 35.5. The van der Waals surface area contributed by atoms with E-state index in [1.54, 1.807) is 12.2 Å². The highest BCUT2D eigenvalue weighted by molar-refractivity contribution is 6.30. The predicted molar refractivity (Wildman–Crippen MR) is 56.9 cm³/mol. The van der Waals surface area contributed by atoms with Gasteiger partial charge in [0.15, 0.2) is 0 Å². The molecule has 0 aliphatic rings. The Kier molecular flexibility index (Phi) is 4.60. The van der Waals surface area contributed by atoms with Crippen LogP contribution in [0.3, 0.4) is 0 Å². The van der Waals surface area contributed by atoms with Crippen LogP contribution >= 0.6 is 11.6 Å². The molecular weight excluding hydrogens is 219 g/mol. The molecule has 0 aliphatic heterocycles. The molecule has 0 N–H and O–H groups in total. The normalized spacial score (nSPS) is 10.3. The third-order valence-corrected chi connectivity index (χ3v) is 1.80. The quantitative estimate of drug-likeness (QED) is 0.254. The molecule has 0 aromatic carbocycles. The first-order valence-electron chi connectivity index (χ1n) is 4.22. The maximum atomic E-state index is 13.0. The SMILES string of the molecule is [N-]=[N+]=NCCC=Cc1cc(Cl)cnc1F. The molecule has 0 aliphatic carbocycles. The van der Waals surface area contributed by atoms with Crippen LogP contribution in [0.1, 0.15) is 12.0 Å². The van der Waals surface area contributed by atoms with Crippen molar-refractivity contribution in [2.24, 2.45) is 5.11 Å². The summed E-state index contributed by atoms with van der Waals surface area (Å²) in [5.74, 6) is -0.570. The largest absolute Gasteiger partial charge is 0.226 e. The number of rotatable bonds is 4. The van der Waals surface area contributed by atoms with Crippen LogP contribution in [-0.4, -0.2) is 11.5 Å². The van der Waals surface area contributed by atoms with Gasteiger partial charge in [-0.25, -0.2) is 4.98 Å². The maximum absolute atomic E-state index is 13.0. The number of aromatic nitrogens is 1. The van der Waals surface area contributed by atoms with E-state index >= 15 is 0 Å². The van der Waals surface area contributed by atoms with Crippen molar-refractivity contribution in [3.05, 3.63) is 45.3 Å². The van der Waals surface area contributed by atoms with E-state index in [1.807, 2.05) is 0 Å². The van der Waals surface area contributed by atoms with E-state index in [4.69, 9.17) is 17.1 Å². The number of halogens is 2. The molecule has 0 saturated heterocycles. The summed E-state index contributed by atoms with van der Waals surface area (Å²) in [5, 5.41) is 3.72. The van der Waals surface area contributed by atoms with E-state index in [9.17, 15) is 4.39 Å². The lowest BCUT2D eigenvalue weighted by molar-refractivity contribution is 0.581. The van der Waals surface area contributed by atoms with Gasteiger partial charge < -0.3 is 0 Å². The molecule has 0 unspecified atom stereocenters. The lowest BCUT2D eigenvalue weighted by atomic mass is 10.2. The van der Waals surface area contributed by atoms with E-state index in [1.165, 1.54) is 12.3 Å². The van der Waals surface area contributed by atoms with Gasteiger partial charge in [-0.3, -0.25) is 0 Å². The van der Waals surface area contributed by atoms with Gasteiger partial charge in [-0.2, -0.15) is 4.39 Å². The Labute approximate surface area is 91.0 Å². The molecule has 0 fully saturated rings. The Morgan fingerprint density at radius 2 is 2.47 bits per heavy atom. The zero-order valence-corrected chi connectivity index (χ0v) is 8.52. The molecule has 0 spiro atoms. The molecule has 0 amide bonds. The third kappa shape index (κ3) is 3.97. The summed E-state index contributed by atoms with van der Waals surface area (Å²) < 4.78 is 13.0. The van der Waals surface area contributed by atoms with Crippen molar-refractivity contribution in [2.75, 3.05) is 6.54 Å². The summed E-state index contributed by atoms with van der Waals surface area (Å²) in [4.78, 5) is 6.06. The van der Waals surface area contributed by atoms with Crippen LogP contribution in [-0.2, 0) is 0 Å². The zero-order chi connectivity index (χ0) is 11.1. The van der Waals surface area contributed by atoms with E-state index < -0.39 is 5.95 Å². The summed E-state index contributed by atoms with van der Waals surface area (Å²) in [6, 6.07) is 1.48. The minimum atomic E-state index is -0.570. The van der Waals surface area contributed by atoms with E-state index in [-0.39, 0.29) is 0 Å². The van der Waals surface area contributed by atoms with Crippen molar-refractivity contribution in [1.29, 1.82) is 0 Å². The molecular formula is C9H8ClFN4. The van der Waals surface area contributed by atoms with E-state index in [0.29, 0.717) is 23.6 Å². The van der Waals surface area contributed by atoms with Crippen LogP contribution < -0.4 is 0 Å². The van der Waals surface area contributed by atoms with Gasteiger partial charge in [-0.1, -0.05) is 28.9 Å². The Balaban J connectivity index is 2.63. The summed E-state index contributed by atoms with van der Waals surface area (Å²) in [5.41, 5.74) is 8.33. The summed E-state index contributed by atoms with van der Waals surface area (Å²) in [6.45, 7) is 0.350. The molecule has 1 rings (SSSR count). The lowest BCUT2D eigenvalue weighted by Gasteiger charge is -1.95. The molecule has 15 heavy (non-hydrogen) atoms. The van der Waals surface area contributed by atoms with Crippen molar-refractivity contribution >= 4 is 17.7 Å². The first-order chi connectivity index (χ1) is 7.24. The molecule has 1 aromatic rings. The number of hydrogen-bond acceptors (Lipinski definition) is 2. The zero-order valence-electron chi connectivity index (χ0n) is 7.77. The van der Waals surface area contributed by atoms with Crippen molar-refractivity contribution in [2.45, 2.75) is 6.42 Å². The first kappa shape index (κ1) is 11.5. The standard InChI is InChI=1S/C9H8ClFN4/c10-8-5-7(9(11)13-6-8)3-1-2-4-14-15-12/h1,3,5-6H,2,4H2. The molecule has 0 atom stereocenters. The average Bonchev–Trinajstić information content (AvgIpc) is 2.23. The topological polar surface area (TPSA) is 61.7 Å². The van der Waals surface area contributed by atoms with Crippen LogP contribution in [0.15, 0.2) is 23.5 Å². The second kappa shape index (κ2) is 6.01. The fourth-order valence-electron chi connectivity index (χ4n) is 0.942. The summed E-state index contributed by atoms with van der Waals surface area (Å²) in [7, 11) is 0. The molecule has 0 saturated carbocycles. The predicted octanol–water partition coefficient (Wildman–Crippen LogP) is 3.59. The number of pyridine rings is 1. The Morgan fingerprint density at radius 1 is 1.67 bits per heavy atom. The maximum Gasteiger partial charge on any atom is 0.220 e. The average molecular weight is 227 g/mol. The van der Waals surface area contributed by atoms with Gasteiger partial charge >= 0.3 is 0 Å². The van der Waals surface area contributed by atoms with Gasteiger partial charge in [-0.15, -0.1) is 0 Å². The molecule has 0 radical (unpaired) electrons. The van der Waals surface area contributed by atoms with E-state index in [0.717, 1.165) is 0 Å². The van der Waals surface area contributed by atoms with Gasteiger partial charge in [0.25, 0.3) is 0 Å². The van der Waals surface area contributed by atoms with Gasteiger partial charge in [0.05, 0.1) is 5.02 Å². The van der Waals surface area contributed by atoms with Gasteiger partial charge in [0, 0.05) is 23.2 Å². The molecule has 1 heterocycles. The molecule has 6 heteroatoms. The van der Waals surface area contributed by atoms with Gasteiger partial charge in [0.1, 0.15) is 0 Å². The van der Waals surface area contributed by atoms with E-state index in [2.05, 4.69) is 15.0 Å². The minimum absolute atomic E-state index is 0.323. The molecule has 78 valence electrons. The molecule has 0 bridgehead atoms. The number of nitrogens with zero attached hydrogens (tertiary/aromatic N) is 4. The number of hydrogen-bond donors (Lipinski definition) is 0. The van der Waals surface area contributed by atoms with Crippen molar-refractivity contribution < 1.29 is 4.39 Å². The third-order valence-electron chi connectivity index (χ3n) is 1.59. The molecule has 4 nitrogen and oxygen atoms in total. The smallest absolute Gasteiger partial charge is 0.220 e. The second-order valence-corrected chi connectivity index (χ2v) is 3.12. The van der Waals surface area contributed by atoms with Crippen LogP contribution in [0.2, 0.25) is 5.02 Å². The number of azide groups is 1. The van der Waals surface area contributed by atoms with Crippen LogP contribution in [0.25, 0.3) is 16.5 Å².